The van der Waals surface area contributed by atoms with Gasteiger partial charge in [0.15, 0.2) is 0 Å². The van der Waals surface area contributed by atoms with Crippen LogP contribution in [0.15, 0.2) is 0 Å². The third-order valence-electron chi connectivity index (χ3n) is 4.25. The first-order chi connectivity index (χ1) is 6.88. The van der Waals surface area contributed by atoms with Gasteiger partial charge in [0.05, 0.1) is 0 Å². The van der Waals surface area contributed by atoms with Gasteiger partial charge in [0.25, 0.3) is 0 Å². The number of nitrogens with one attached hydrogen (secondary N) is 1. The van der Waals surface area contributed by atoms with E-state index in [1.54, 1.807) is 0 Å². The van der Waals surface area contributed by atoms with E-state index in [9.17, 15) is 0 Å². The molecular weight excluding hydrogens is 170 g/mol. The fraction of sp³-hybridized carbons (Fsp3) is 1.00. The minimum Gasteiger partial charge on any atom is -0.314 e. The van der Waals surface area contributed by atoms with Crippen molar-refractivity contribution >= 4 is 0 Å². The van der Waals surface area contributed by atoms with Gasteiger partial charge in [0, 0.05) is 6.04 Å². The molecule has 1 N–H and O–H groups in total. The van der Waals surface area contributed by atoms with Gasteiger partial charge < -0.3 is 5.32 Å². The summed E-state index contributed by atoms with van der Waals surface area (Å²) in [4.78, 5) is 0. The fourth-order valence-electron chi connectivity index (χ4n) is 3.65. The molecule has 82 valence electrons. The average Bonchev–Trinajstić information content (AvgIpc) is 2.91. The maximum atomic E-state index is 3.70. The van der Waals surface area contributed by atoms with E-state index in [4.69, 9.17) is 0 Å². The molecule has 0 radical (unpaired) electrons. The van der Waals surface area contributed by atoms with E-state index in [2.05, 4.69) is 19.2 Å². The lowest BCUT2D eigenvalue weighted by atomic mass is 10.0. The van der Waals surface area contributed by atoms with Gasteiger partial charge in [-0.2, -0.15) is 0 Å². The Morgan fingerprint density at radius 2 is 1.79 bits per heavy atom. The smallest absolute Gasteiger partial charge is 0.0101 e. The maximum absolute atomic E-state index is 3.70. The van der Waals surface area contributed by atoms with Crippen molar-refractivity contribution in [3.8, 4) is 0 Å². The Kier molecular flexibility index (Phi) is 3.48. The van der Waals surface area contributed by atoms with Crippen LogP contribution in [0.4, 0.5) is 0 Å². The minimum absolute atomic E-state index is 0.845. The van der Waals surface area contributed by atoms with Crippen LogP contribution in [0.2, 0.25) is 0 Å². The topological polar surface area (TPSA) is 12.0 Å². The predicted molar refractivity (Wildman–Crippen MR) is 61.3 cm³/mol. The van der Waals surface area contributed by atoms with Crippen LogP contribution in [0.5, 0.6) is 0 Å². The van der Waals surface area contributed by atoms with E-state index in [1.807, 2.05) is 0 Å². The van der Waals surface area contributed by atoms with Crippen LogP contribution < -0.4 is 5.32 Å². The van der Waals surface area contributed by atoms with Crippen molar-refractivity contribution in [2.45, 2.75) is 58.4 Å². The van der Waals surface area contributed by atoms with Crippen LogP contribution in [0.25, 0.3) is 0 Å². The van der Waals surface area contributed by atoms with E-state index in [1.165, 1.54) is 38.5 Å². The van der Waals surface area contributed by atoms with E-state index < -0.39 is 0 Å². The van der Waals surface area contributed by atoms with Crippen molar-refractivity contribution < 1.29 is 0 Å². The van der Waals surface area contributed by atoms with Crippen molar-refractivity contribution in [1.29, 1.82) is 0 Å². The summed E-state index contributed by atoms with van der Waals surface area (Å²) in [6.07, 6.45) is 8.80. The summed E-state index contributed by atoms with van der Waals surface area (Å²) in [5.41, 5.74) is 0. The van der Waals surface area contributed by atoms with Gasteiger partial charge in [0.1, 0.15) is 0 Å². The fourth-order valence-corrected chi connectivity index (χ4v) is 3.65. The lowest BCUT2D eigenvalue weighted by molar-refractivity contribution is 0.411. The van der Waals surface area contributed by atoms with E-state index in [-0.39, 0.29) is 0 Å². The zero-order valence-electron chi connectivity index (χ0n) is 9.76. The van der Waals surface area contributed by atoms with E-state index >= 15 is 0 Å². The summed E-state index contributed by atoms with van der Waals surface area (Å²) in [5.74, 6) is 3.27. The van der Waals surface area contributed by atoms with E-state index in [0.717, 1.165) is 30.3 Å². The van der Waals surface area contributed by atoms with Crippen molar-refractivity contribution in [3.63, 3.8) is 0 Å². The molecule has 1 heteroatoms. The molecule has 2 fully saturated rings. The quantitative estimate of drug-likeness (QED) is 0.710. The number of hydrogen-bond acceptors (Lipinski definition) is 1. The highest BCUT2D eigenvalue weighted by Gasteiger charge is 2.53. The standard InChI is InChI=1S/C13H25N/c1-3-7-12(14-4-2)13-10-8-5-6-9-11(10)13/h10-14H,3-9H2,1-2H3. The minimum atomic E-state index is 0.845. The molecule has 2 aliphatic rings. The molecule has 2 aliphatic carbocycles. The summed E-state index contributed by atoms with van der Waals surface area (Å²) < 4.78 is 0. The molecule has 0 aromatic rings. The van der Waals surface area contributed by atoms with Gasteiger partial charge in [-0.3, -0.25) is 0 Å². The monoisotopic (exact) mass is 195 g/mol. The molecule has 1 nitrogen and oxygen atoms in total. The second kappa shape index (κ2) is 4.65. The zero-order valence-corrected chi connectivity index (χ0v) is 9.76. The third-order valence-corrected chi connectivity index (χ3v) is 4.25. The second-order valence-electron chi connectivity index (χ2n) is 5.14. The molecule has 0 saturated heterocycles. The molecule has 2 rings (SSSR count). The first kappa shape index (κ1) is 10.5. The second-order valence-corrected chi connectivity index (χ2v) is 5.14. The van der Waals surface area contributed by atoms with Crippen LogP contribution in [-0.4, -0.2) is 12.6 Å². The van der Waals surface area contributed by atoms with E-state index in [0.29, 0.717) is 0 Å². The highest BCUT2D eigenvalue weighted by atomic mass is 14.9. The van der Waals surface area contributed by atoms with Crippen molar-refractivity contribution in [2.24, 2.45) is 17.8 Å². The Morgan fingerprint density at radius 1 is 1.14 bits per heavy atom. The Labute approximate surface area is 88.7 Å². The molecule has 3 atom stereocenters. The summed E-state index contributed by atoms with van der Waals surface area (Å²) in [6.45, 7) is 5.71. The molecular formula is C13H25N. The predicted octanol–water partition coefficient (Wildman–Crippen LogP) is 3.20. The van der Waals surface area contributed by atoms with Crippen LogP contribution in [0.3, 0.4) is 0 Å². The van der Waals surface area contributed by atoms with Crippen LogP contribution in [0.1, 0.15) is 52.4 Å². The molecule has 0 aromatic heterocycles. The first-order valence-corrected chi connectivity index (χ1v) is 6.61. The summed E-state index contributed by atoms with van der Waals surface area (Å²) >= 11 is 0. The lowest BCUT2D eigenvalue weighted by Gasteiger charge is -2.17. The third kappa shape index (κ3) is 1.98. The first-order valence-electron chi connectivity index (χ1n) is 6.61. The molecule has 0 aliphatic heterocycles. The summed E-state index contributed by atoms with van der Waals surface area (Å²) in [6, 6.07) is 0.845. The SMILES string of the molecule is CCCC(NCC)C1C2CCCCC21. The van der Waals surface area contributed by atoms with Gasteiger partial charge in [-0.1, -0.05) is 33.1 Å². The van der Waals surface area contributed by atoms with Gasteiger partial charge >= 0.3 is 0 Å². The molecule has 0 bridgehead atoms. The van der Waals surface area contributed by atoms with Crippen molar-refractivity contribution in [2.75, 3.05) is 6.54 Å². The Morgan fingerprint density at radius 3 is 2.29 bits per heavy atom. The highest BCUT2D eigenvalue weighted by Crippen LogP contribution is 2.57. The molecule has 3 unspecified atom stereocenters. The van der Waals surface area contributed by atoms with Crippen LogP contribution in [-0.2, 0) is 0 Å². The molecule has 0 heterocycles. The normalized spacial score (nSPS) is 37.7. The van der Waals surface area contributed by atoms with Crippen LogP contribution in [0, 0.1) is 17.8 Å². The number of fused-ring (bicyclic) bond motifs is 1. The number of rotatable bonds is 5. The van der Waals surface area contributed by atoms with Gasteiger partial charge in [-0.05, 0) is 43.6 Å². The number of hydrogen-bond donors (Lipinski definition) is 1. The summed E-state index contributed by atoms with van der Waals surface area (Å²) in [5, 5.41) is 3.70. The van der Waals surface area contributed by atoms with Gasteiger partial charge in [-0.25, -0.2) is 0 Å². The Balaban J connectivity index is 1.86. The molecule has 0 spiro atoms. The average molecular weight is 195 g/mol. The van der Waals surface area contributed by atoms with Crippen molar-refractivity contribution in [3.05, 3.63) is 0 Å². The zero-order chi connectivity index (χ0) is 9.97. The molecule has 2 saturated carbocycles. The summed E-state index contributed by atoms with van der Waals surface area (Å²) in [7, 11) is 0. The lowest BCUT2D eigenvalue weighted by Crippen LogP contribution is -2.31. The Bertz CT molecular complexity index is 160. The van der Waals surface area contributed by atoms with Gasteiger partial charge in [-0.15, -0.1) is 0 Å². The molecule has 0 aromatic carbocycles. The maximum Gasteiger partial charge on any atom is 0.0101 e. The largest absolute Gasteiger partial charge is 0.314 e. The van der Waals surface area contributed by atoms with Gasteiger partial charge in [0.2, 0.25) is 0 Å². The van der Waals surface area contributed by atoms with Crippen molar-refractivity contribution in [1.82, 2.24) is 5.32 Å². The molecule has 0 amide bonds. The highest BCUT2D eigenvalue weighted by molar-refractivity contribution is 5.04. The van der Waals surface area contributed by atoms with Crippen LogP contribution >= 0.6 is 0 Å². The molecule has 14 heavy (non-hydrogen) atoms. The Hall–Kier alpha value is -0.0400.